The van der Waals surface area contributed by atoms with Gasteiger partial charge in [-0.1, -0.05) is 27.2 Å². The van der Waals surface area contributed by atoms with E-state index < -0.39 is 0 Å². The van der Waals surface area contributed by atoms with Crippen LogP contribution >= 0.6 is 11.3 Å². The van der Waals surface area contributed by atoms with E-state index in [2.05, 4.69) is 46.0 Å². The van der Waals surface area contributed by atoms with Gasteiger partial charge in [-0.15, -0.1) is 11.3 Å². The Kier molecular flexibility index (Phi) is 4.51. The summed E-state index contributed by atoms with van der Waals surface area (Å²) < 4.78 is 0. The van der Waals surface area contributed by atoms with Crippen molar-refractivity contribution in [3.63, 3.8) is 0 Å². The normalized spacial score (nSPS) is 24.6. The SMILES string of the molecule is Cc1nc(C(C)(C)C)sc1C(C)NC1CCCC1C#N. The van der Waals surface area contributed by atoms with Gasteiger partial charge in [-0.05, 0) is 26.7 Å². The van der Waals surface area contributed by atoms with E-state index in [0.29, 0.717) is 6.04 Å². The molecule has 0 aliphatic heterocycles. The van der Waals surface area contributed by atoms with Gasteiger partial charge in [-0.25, -0.2) is 4.98 Å². The van der Waals surface area contributed by atoms with Gasteiger partial charge in [0.1, 0.15) is 0 Å². The molecule has 1 aliphatic carbocycles. The fourth-order valence-corrected chi connectivity index (χ4v) is 3.98. The van der Waals surface area contributed by atoms with Gasteiger partial charge >= 0.3 is 0 Å². The molecule has 1 N–H and O–H groups in total. The second-order valence-corrected chi connectivity index (χ2v) is 7.91. The average molecular weight is 291 g/mol. The van der Waals surface area contributed by atoms with Crippen molar-refractivity contribution >= 4 is 11.3 Å². The van der Waals surface area contributed by atoms with Crippen LogP contribution in [-0.2, 0) is 5.41 Å². The summed E-state index contributed by atoms with van der Waals surface area (Å²) in [5.41, 5.74) is 1.24. The first-order chi connectivity index (χ1) is 9.32. The van der Waals surface area contributed by atoms with E-state index >= 15 is 0 Å². The molecule has 20 heavy (non-hydrogen) atoms. The number of nitrogens with one attached hydrogen (secondary N) is 1. The Morgan fingerprint density at radius 1 is 1.40 bits per heavy atom. The maximum absolute atomic E-state index is 9.19. The van der Waals surface area contributed by atoms with Crippen molar-refractivity contribution in [2.45, 2.75) is 71.4 Å². The molecule has 0 radical (unpaired) electrons. The predicted octanol–water partition coefficient (Wildman–Crippen LogP) is 4.09. The molecule has 3 unspecified atom stereocenters. The first-order valence-electron chi connectivity index (χ1n) is 7.46. The molecule has 1 aromatic rings. The smallest absolute Gasteiger partial charge is 0.0985 e. The summed E-state index contributed by atoms with van der Waals surface area (Å²) in [5.74, 6) is 0.174. The van der Waals surface area contributed by atoms with Crippen molar-refractivity contribution in [3.8, 4) is 6.07 Å². The maximum atomic E-state index is 9.19. The Morgan fingerprint density at radius 2 is 2.10 bits per heavy atom. The molecule has 110 valence electrons. The van der Waals surface area contributed by atoms with Crippen LogP contribution < -0.4 is 5.32 Å². The highest BCUT2D eigenvalue weighted by atomic mass is 32.1. The number of thiazole rings is 1. The number of hydrogen-bond acceptors (Lipinski definition) is 4. The largest absolute Gasteiger partial charge is 0.305 e. The van der Waals surface area contributed by atoms with Gasteiger partial charge in [0.25, 0.3) is 0 Å². The minimum absolute atomic E-state index is 0.107. The fourth-order valence-electron chi connectivity index (χ4n) is 2.84. The minimum Gasteiger partial charge on any atom is -0.305 e. The van der Waals surface area contributed by atoms with Crippen LogP contribution in [0.4, 0.5) is 0 Å². The number of nitriles is 1. The highest BCUT2D eigenvalue weighted by molar-refractivity contribution is 7.12. The molecule has 4 heteroatoms. The molecule has 2 rings (SSSR count). The van der Waals surface area contributed by atoms with E-state index in [9.17, 15) is 5.26 Å². The molecular formula is C16H25N3S. The standard InChI is InChI=1S/C16H25N3S/c1-10(18-13-8-6-7-12(13)9-17)14-11(2)19-15(20-14)16(3,4)5/h10,12-13,18H,6-8H2,1-5H3. The second-order valence-electron chi connectivity index (χ2n) is 6.88. The van der Waals surface area contributed by atoms with Crippen molar-refractivity contribution in [2.24, 2.45) is 5.92 Å². The minimum atomic E-state index is 0.107. The van der Waals surface area contributed by atoms with Crippen LogP contribution in [0.2, 0.25) is 0 Å². The third kappa shape index (κ3) is 3.21. The molecule has 0 aromatic carbocycles. The van der Waals surface area contributed by atoms with Crippen LogP contribution in [0.1, 0.15) is 68.6 Å². The lowest BCUT2D eigenvalue weighted by Crippen LogP contribution is -2.33. The molecule has 3 atom stereocenters. The molecule has 1 saturated carbocycles. The van der Waals surface area contributed by atoms with Gasteiger partial charge in [0.15, 0.2) is 0 Å². The molecule has 1 aromatic heterocycles. The van der Waals surface area contributed by atoms with E-state index in [0.717, 1.165) is 25.0 Å². The third-order valence-corrected chi connectivity index (χ3v) is 5.78. The molecule has 0 spiro atoms. The van der Waals surface area contributed by atoms with Crippen LogP contribution in [0.5, 0.6) is 0 Å². The van der Waals surface area contributed by atoms with Crippen molar-refractivity contribution in [1.29, 1.82) is 5.26 Å². The van der Waals surface area contributed by atoms with Crippen LogP contribution in [0, 0.1) is 24.2 Å². The molecule has 0 amide bonds. The zero-order valence-electron chi connectivity index (χ0n) is 13.2. The molecule has 3 nitrogen and oxygen atoms in total. The summed E-state index contributed by atoms with van der Waals surface area (Å²) in [6.07, 6.45) is 3.32. The monoisotopic (exact) mass is 291 g/mol. The van der Waals surface area contributed by atoms with Gasteiger partial charge in [-0.3, -0.25) is 0 Å². The topological polar surface area (TPSA) is 48.7 Å². The van der Waals surface area contributed by atoms with Gasteiger partial charge in [0, 0.05) is 22.4 Å². The molecule has 1 heterocycles. The van der Waals surface area contributed by atoms with Crippen molar-refractivity contribution in [3.05, 3.63) is 15.6 Å². The first kappa shape index (κ1) is 15.5. The quantitative estimate of drug-likeness (QED) is 0.912. The van der Waals surface area contributed by atoms with Crippen LogP contribution in [-0.4, -0.2) is 11.0 Å². The second kappa shape index (κ2) is 5.83. The summed E-state index contributed by atoms with van der Waals surface area (Å²) >= 11 is 1.81. The zero-order valence-corrected chi connectivity index (χ0v) is 14.0. The molecule has 1 fully saturated rings. The van der Waals surface area contributed by atoms with Gasteiger partial charge in [-0.2, -0.15) is 5.26 Å². The van der Waals surface area contributed by atoms with E-state index in [1.165, 1.54) is 9.88 Å². The lowest BCUT2D eigenvalue weighted by molar-refractivity contribution is 0.419. The first-order valence-corrected chi connectivity index (χ1v) is 8.28. The van der Waals surface area contributed by atoms with Crippen LogP contribution in [0.3, 0.4) is 0 Å². The molecule has 1 aliphatic rings. The van der Waals surface area contributed by atoms with Crippen molar-refractivity contribution in [1.82, 2.24) is 10.3 Å². The summed E-state index contributed by atoms with van der Waals surface area (Å²) in [7, 11) is 0. The Labute approximate surface area is 126 Å². The average Bonchev–Trinajstić information content (AvgIpc) is 2.94. The van der Waals surface area contributed by atoms with Crippen LogP contribution in [0.15, 0.2) is 0 Å². The number of aromatic nitrogens is 1. The summed E-state index contributed by atoms with van der Waals surface area (Å²) in [5, 5.41) is 14.0. The van der Waals surface area contributed by atoms with E-state index in [-0.39, 0.29) is 17.4 Å². The fraction of sp³-hybridized carbons (Fsp3) is 0.750. The van der Waals surface area contributed by atoms with Gasteiger partial charge in [0.2, 0.25) is 0 Å². The lowest BCUT2D eigenvalue weighted by atomic mass is 9.98. The maximum Gasteiger partial charge on any atom is 0.0985 e. The van der Waals surface area contributed by atoms with E-state index in [4.69, 9.17) is 4.98 Å². The number of aryl methyl sites for hydroxylation is 1. The Morgan fingerprint density at radius 3 is 2.65 bits per heavy atom. The summed E-state index contributed by atoms with van der Waals surface area (Å²) in [6.45, 7) is 10.9. The highest BCUT2D eigenvalue weighted by Gasteiger charge is 2.29. The van der Waals surface area contributed by atoms with Crippen molar-refractivity contribution in [2.75, 3.05) is 0 Å². The Bertz CT molecular complexity index is 507. The molecule has 0 saturated heterocycles. The van der Waals surface area contributed by atoms with E-state index in [1.807, 2.05) is 11.3 Å². The summed E-state index contributed by atoms with van der Waals surface area (Å²) in [6, 6.07) is 3.06. The number of nitrogens with zero attached hydrogens (tertiary/aromatic N) is 2. The zero-order chi connectivity index (χ0) is 14.9. The van der Waals surface area contributed by atoms with Crippen molar-refractivity contribution < 1.29 is 0 Å². The van der Waals surface area contributed by atoms with Gasteiger partial charge in [0.05, 0.1) is 22.7 Å². The Hall–Kier alpha value is -0.920. The lowest BCUT2D eigenvalue weighted by Gasteiger charge is -2.21. The van der Waals surface area contributed by atoms with Gasteiger partial charge < -0.3 is 5.32 Å². The van der Waals surface area contributed by atoms with Crippen LogP contribution in [0.25, 0.3) is 0 Å². The predicted molar refractivity (Wildman–Crippen MR) is 83.8 cm³/mol. The van der Waals surface area contributed by atoms with E-state index in [1.54, 1.807) is 0 Å². The number of hydrogen-bond donors (Lipinski definition) is 1. The molecular weight excluding hydrogens is 266 g/mol. The Balaban J connectivity index is 2.12. The molecule has 0 bridgehead atoms. The highest BCUT2D eigenvalue weighted by Crippen LogP contribution is 2.34. The summed E-state index contributed by atoms with van der Waals surface area (Å²) in [4.78, 5) is 6.05. The number of rotatable bonds is 3. The third-order valence-electron chi connectivity index (χ3n) is 4.01.